The topological polar surface area (TPSA) is 86.6 Å². The molecule has 7 nitrogen and oxygen atoms in total. The molecule has 0 aliphatic carbocycles. The second-order valence-electron chi connectivity index (χ2n) is 5.39. The van der Waals surface area contributed by atoms with Crippen LogP contribution in [0.25, 0.3) is 0 Å². The summed E-state index contributed by atoms with van der Waals surface area (Å²) in [4.78, 5) is 26.1. The van der Waals surface area contributed by atoms with E-state index in [0.29, 0.717) is 25.4 Å². The van der Waals surface area contributed by atoms with Gasteiger partial charge in [-0.1, -0.05) is 0 Å². The Bertz CT molecular complexity index is 502. The molecule has 3 rings (SSSR count). The molecule has 2 aliphatic rings. The van der Waals surface area contributed by atoms with Crippen LogP contribution in [0.4, 0.5) is 0 Å². The third-order valence-corrected chi connectivity index (χ3v) is 3.94. The van der Waals surface area contributed by atoms with Gasteiger partial charge in [-0.05, 0) is 19.2 Å². The van der Waals surface area contributed by atoms with Gasteiger partial charge in [-0.2, -0.15) is 0 Å². The van der Waals surface area contributed by atoms with Crippen molar-refractivity contribution >= 4 is 11.8 Å². The summed E-state index contributed by atoms with van der Waals surface area (Å²) in [6.07, 6.45) is 1.58. The lowest BCUT2D eigenvalue weighted by molar-refractivity contribution is -0.129. The van der Waals surface area contributed by atoms with Crippen LogP contribution >= 0.6 is 0 Å². The summed E-state index contributed by atoms with van der Waals surface area (Å²) in [7, 11) is 1.93. The largest absolute Gasteiger partial charge is 0.467 e. The number of nitrogens with zero attached hydrogens (tertiary/aromatic N) is 1. The molecular weight excluding hydrogens is 260 g/mol. The molecule has 3 unspecified atom stereocenters. The average molecular weight is 278 g/mol. The number of fused-ring (bicyclic) bond motifs is 1. The molecular formula is C13H18N4O3. The van der Waals surface area contributed by atoms with Crippen LogP contribution in [-0.2, 0) is 16.1 Å². The lowest BCUT2D eigenvalue weighted by Gasteiger charge is -2.36. The number of hydrazine groups is 1. The Morgan fingerprint density at radius 3 is 3.15 bits per heavy atom. The van der Waals surface area contributed by atoms with E-state index in [1.54, 1.807) is 12.3 Å². The van der Waals surface area contributed by atoms with Gasteiger partial charge in [0.05, 0.1) is 30.7 Å². The highest BCUT2D eigenvalue weighted by Gasteiger charge is 2.46. The summed E-state index contributed by atoms with van der Waals surface area (Å²) >= 11 is 0. The molecule has 2 amide bonds. The smallest absolute Gasteiger partial charge is 0.240 e. The van der Waals surface area contributed by atoms with Crippen LogP contribution in [-0.4, -0.2) is 42.9 Å². The minimum atomic E-state index is -0.257. The normalized spacial score (nSPS) is 29.9. The van der Waals surface area contributed by atoms with E-state index >= 15 is 0 Å². The molecule has 108 valence electrons. The lowest BCUT2D eigenvalue weighted by Crippen LogP contribution is -2.55. The van der Waals surface area contributed by atoms with E-state index in [4.69, 9.17) is 4.42 Å². The maximum absolute atomic E-state index is 12.3. The molecule has 0 spiro atoms. The molecule has 0 radical (unpaired) electrons. The molecule has 2 saturated heterocycles. The predicted octanol–water partition coefficient (Wildman–Crippen LogP) is -0.923. The molecule has 2 fully saturated rings. The van der Waals surface area contributed by atoms with Crippen LogP contribution in [0.15, 0.2) is 22.8 Å². The van der Waals surface area contributed by atoms with Crippen molar-refractivity contribution in [1.82, 2.24) is 21.1 Å². The Morgan fingerprint density at radius 2 is 2.40 bits per heavy atom. The highest BCUT2D eigenvalue weighted by Crippen LogP contribution is 2.25. The van der Waals surface area contributed by atoms with E-state index in [0.717, 1.165) is 0 Å². The summed E-state index contributed by atoms with van der Waals surface area (Å²) in [5.41, 5.74) is 5.57. The van der Waals surface area contributed by atoms with Gasteiger partial charge < -0.3 is 14.6 Å². The van der Waals surface area contributed by atoms with Crippen molar-refractivity contribution in [2.75, 3.05) is 20.1 Å². The number of nitrogens with one attached hydrogen (secondary N) is 3. The number of hydrogen-bond acceptors (Lipinski definition) is 5. The standard InChI is InChI=1S/C13H18N4O3/c1-17-6-9(11-10(7-17)13(19)16-15-11)12(18)14-5-8-3-2-4-20-8/h2-4,9-11,15H,5-7H2,1H3,(H,14,18)(H,16,19). The van der Waals surface area contributed by atoms with Crippen LogP contribution < -0.4 is 16.2 Å². The van der Waals surface area contributed by atoms with Crippen molar-refractivity contribution in [2.24, 2.45) is 11.8 Å². The molecule has 1 aromatic rings. The van der Waals surface area contributed by atoms with E-state index < -0.39 is 0 Å². The van der Waals surface area contributed by atoms with Gasteiger partial charge in [0.1, 0.15) is 5.76 Å². The molecule has 3 heterocycles. The van der Waals surface area contributed by atoms with E-state index in [-0.39, 0.29) is 29.7 Å². The zero-order valence-corrected chi connectivity index (χ0v) is 11.3. The maximum Gasteiger partial charge on any atom is 0.240 e. The summed E-state index contributed by atoms with van der Waals surface area (Å²) in [6.45, 7) is 1.67. The summed E-state index contributed by atoms with van der Waals surface area (Å²) < 4.78 is 5.19. The highest BCUT2D eigenvalue weighted by molar-refractivity contribution is 5.85. The van der Waals surface area contributed by atoms with Gasteiger partial charge in [0, 0.05) is 13.1 Å². The Labute approximate surface area is 116 Å². The van der Waals surface area contributed by atoms with Crippen molar-refractivity contribution < 1.29 is 14.0 Å². The fourth-order valence-corrected chi connectivity index (χ4v) is 2.91. The molecule has 0 saturated carbocycles. The number of carbonyl (C=O) groups excluding carboxylic acids is 2. The van der Waals surface area contributed by atoms with Crippen molar-refractivity contribution in [1.29, 1.82) is 0 Å². The summed E-state index contributed by atoms with van der Waals surface area (Å²) in [6, 6.07) is 3.46. The van der Waals surface area contributed by atoms with E-state index in [9.17, 15) is 9.59 Å². The molecule has 0 bridgehead atoms. The van der Waals surface area contributed by atoms with Crippen LogP contribution in [0, 0.1) is 11.8 Å². The fraction of sp³-hybridized carbons (Fsp3) is 0.538. The average Bonchev–Trinajstić information content (AvgIpc) is 3.06. The highest BCUT2D eigenvalue weighted by atomic mass is 16.3. The van der Waals surface area contributed by atoms with Crippen molar-refractivity contribution in [3.63, 3.8) is 0 Å². The van der Waals surface area contributed by atoms with E-state index in [2.05, 4.69) is 16.2 Å². The number of likely N-dealkylation sites (tertiary alicyclic amines) is 1. The number of rotatable bonds is 3. The quantitative estimate of drug-likeness (QED) is 0.665. The Hall–Kier alpha value is -1.86. The predicted molar refractivity (Wildman–Crippen MR) is 70.1 cm³/mol. The number of piperidine rings is 1. The van der Waals surface area contributed by atoms with Gasteiger partial charge in [-0.3, -0.25) is 15.0 Å². The Kier molecular flexibility index (Phi) is 3.45. The van der Waals surface area contributed by atoms with Crippen molar-refractivity contribution in [3.05, 3.63) is 24.2 Å². The maximum atomic E-state index is 12.3. The third-order valence-electron chi connectivity index (χ3n) is 3.94. The minimum absolute atomic E-state index is 0.0367. The molecule has 1 aromatic heterocycles. The zero-order valence-electron chi connectivity index (χ0n) is 11.3. The fourth-order valence-electron chi connectivity index (χ4n) is 2.91. The van der Waals surface area contributed by atoms with Gasteiger partial charge in [-0.25, -0.2) is 5.43 Å². The lowest BCUT2D eigenvalue weighted by atomic mass is 9.84. The minimum Gasteiger partial charge on any atom is -0.467 e. The summed E-state index contributed by atoms with van der Waals surface area (Å²) in [5, 5.41) is 2.86. The van der Waals surface area contributed by atoms with Crippen LogP contribution in [0.5, 0.6) is 0 Å². The first-order chi connectivity index (χ1) is 9.65. The summed E-state index contributed by atoms with van der Waals surface area (Å²) in [5.74, 6) is 0.186. The van der Waals surface area contributed by atoms with E-state index in [1.807, 2.05) is 18.0 Å². The first-order valence-corrected chi connectivity index (χ1v) is 6.69. The number of furan rings is 1. The Balaban J connectivity index is 1.65. The van der Waals surface area contributed by atoms with Crippen molar-refractivity contribution in [3.8, 4) is 0 Å². The van der Waals surface area contributed by atoms with Gasteiger partial charge >= 0.3 is 0 Å². The number of amides is 2. The van der Waals surface area contributed by atoms with Crippen LogP contribution in [0.3, 0.4) is 0 Å². The number of hydrogen-bond donors (Lipinski definition) is 3. The van der Waals surface area contributed by atoms with Crippen LogP contribution in [0.2, 0.25) is 0 Å². The first kappa shape index (κ1) is 13.1. The first-order valence-electron chi connectivity index (χ1n) is 6.69. The molecule has 3 N–H and O–H groups in total. The van der Waals surface area contributed by atoms with Gasteiger partial charge in [0.15, 0.2) is 0 Å². The van der Waals surface area contributed by atoms with Gasteiger partial charge in [-0.15, -0.1) is 0 Å². The van der Waals surface area contributed by atoms with E-state index in [1.165, 1.54) is 0 Å². The van der Waals surface area contributed by atoms with Crippen LogP contribution in [0.1, 0.15) is 5.76 Å². The second-order valence-corrected chi connectivity index (χ2v) is 5.39. The molecule has 0 aromatic carbocycles. The molecule has 20 heavy (non-hydrogen) atoms. The second kappa shape index (κ2) is 5.26. The Morgan fingerprint density at radius 1 is 1.55 bits per heavy atom. The van der Waals surface area contributed by atoms with Gasteiger partial charge in [0.2, 0.25) is 11.8 Å². The number of carbonyl (C=O) groups is 2. The molecule has 7 heteroatoms. The SMILES string of the molecule is CN1CC(C(=O)NCc2ccco2)C2NNC(=O)C2C1. The molecule has 2 aliphatic heterocycles. The van der Waals surface area contributed by atoms with Gasteiger partial charge in [0.25, 0.3) is 0 Å². The molecule has 3 atom stereocenters. The zero-order chi connectivity index (χ0) is 14.1. The van der Waals surface area contributed by atoms with Crippen molar-refractivity contribution in [2.45, 2.75) is 12.6 Å². The monoisotopic (exact) mass is 278 g/mol. The third kappa shape index (κ3) is 2.41.